The van der Waals surface area contributed by atoms with E-state index >= 15 is 0 Å². The highest BCUT2D eigenvalue weighted by Gasteiger charge is 2.20. The molecule has 0 aliphatic carbocycles. The Labute approximate surface area is 202 Å². The lowest BCUT2D eigenvalue weighted by molar-refractivity contribution is 0.102. The van der Waals surface area contributed by atoms with Gasteiger partial charge in [-0.25, -0.2) is 13.8 Å². The second-order valence-corrected chi connectivity index (χ2v) is 7.84. The van der Waals surface area contributed by atoms with Crippen molar-refractivity contribution in [2.45, 2.75) is 0 Å². The maximum absolute atomic E-state index is 14.7. The van der Waals surface area contributed by atoms with Crippen LogP contribution < -0.4 is 21.3 Å². The molecule has 0 saturated carbocycles. The number of rotatable bonds is 5. The van der Waals surface area contributed by atoms with Gasteiger partial charge in [0.15, 0.2) is 11.6 Å². The van der Waals surface area contributed by atoms with Gasteiger partial charge in [0, 0.05) is 36.5 Å². The van der Waals surface area contributed by atoms with Crippen LogP contribution in [0, 0.1) is 11.6 Å². The van der Waals surface area contributed by atoms with E-state index in [0.29, 0.717) is 22.5 Å². The zero-order chi connectivity index (χ0) is 25.4. The highest BCUT2D eigenvalue weighted by Crippen LogP contribution is 2.27. The number of carbonyl (C=O) groups excluding carboxylic acids is 1. The molecule has 11 heteroatoms. The number of anilines is 2. The Morgan fingerprint density at radius 3 is 2.56 bits per heavy atom. The second-order valence-electron chi connectivity index (χ2n) is 7.84. The zero-order valence-corrected chi connectivity index (χ0v) is 18.8. The molecule has 0 aliphatic rings. The number of pyridine rings is 2. The number of ether oxygens (including phenoxy) is 1. The summed E-state index contributed by atoms with van der Waals surface area (Å²) in [6.45, 7) is 0. The molecule has 3 heterocycles. The number of amides is 1. The molecule has 5 rings (SSSR count). The number of nitrogen functional groups attached to an aromatic ring is 1. The lowest BCUT2D eigenvalue weighted by Gasteiger charge is -2.13. The van der Waals surface area contributed by atoms with E-state index in [1.54, 1.807) is 7.05 Å². The number of nitrogens with zero attached hydrogens (tertiary/aromatic N) is 4. The van der Waals surface area contributed by atoms with E-state index in [2.05, 4.69) is 15.4 Å². The van der Waals surface area contributed by atoms with Gasteiger partial charge in [-0.1, -0.05) is 0 Å². The third-order valence-corrected chi connectivity index (χ3v) is 5.38. The predicted octanol–water partition coefficient (Wildman–Crippen LogP) is 4.02. The lowest BCUT2D eigenvalue weighted by atomic mass is 10.2. The van der Waals surface area contributed by atoms with Crippen LogP contribution in [0.1, 0.15) is 10.4 Å². The summed E-state index contributed by atoms with van der Waals surface area (Å²) in [5.74, 6) is -1.54. The normalized spacial score (nSPS) is 11.0. The number of halogens is 2. The van der Waals surface area contributed by atoms with Crippen LogP contribution in [0.15, 0.2) is 77.9 Å². The fraction of sp³-hybridized carbons (Fsp3) is 0.0400. The van der Waals surface area contributed by atoms with Crippen molar-refractivity contribution in [3.8, 4) is 17.2 Å². The Morgan fingerprint density at radius 1 is 1.06 bits per heavy atom. The number of aromatic nitrogens is 4. The Kier molecular flexibility index (Phi) is 5.65. The average molecular weight is 488 g/mol. The van der Waals surface area contributed by atoms with E-state index in [9.17, 15) is 18.4 Å². The first-order chi connectivity index (χ1) is 17.3. The fourth-order valence-corrected chi connectivity index (χ4v) is 3.73. The van der Waals surface area contributed by atoms with Crippen molar-refractivity contribution >= 4 is 28.4 Å². The van der Waals surface area contributed by atoms with Gasteiger partial charge in [0.2, 0.25) is 0 Å². The number of nitrogens with two attached hydrogens (primary N) is 1. The number of aryl methyl sites for hydroxylation is 1. The molecule has 3 aromatic heterocycles. The van der Waals surface area contributed by atoms with Gasteiger partial charge < -0.3 is 15.8 Å². The lowest BCUT2D eigenvalue weighted by Crippen LogP contribution is -2.29. The van der Waals surface area contributed by atoms with Gasteiger partial charge in [-0.2, -0.15) is 5.10 Å². The molecule has 0 atom stereocenters. The summed E-state index contributed by atoms with van der Waals surface area (Å²) in [5, 5.41) is 7.21. The maximum Gasteiger partial charge on any atom is 0.269 e. The van der Waals surface area contributed by atoms with Crippen LogP contribution in [0.5, 0.6) is 11.5 Å². The number of fused-ring (bicyclic) bond motifs is 1. The van der Waals surface area contributed by atoms with Gasteiger partial charge in [0.05, 0.1) is 11.9 Å². The van der Waals surface area contributed by atoms with Crippen molar-refractivity contribution in [2.75, 3.05) is 11.1 Å². The summed E-state index contributed by atoms with van der Waals surface area (Å²) in [4.78, 5) is 30.3. The number of nitrogens with one attached hydrogen (secondary N) is 1. The Balaban J connectivity index is 1.47. The molecule has 0 saturated heterocycles. The monoisotopic (exact) mass is 488 g/mol. The van der Waals surface area contributed by atoms with Crippen LogP contribution in [-0.2, 0) is 7.05 Å². The molecule has 36 heavy (non-hydrogen) atoms. The van der Waals surface area contributed by atoms with Gasteiger partial charge in [-0.05, 0) is 48.5 Å². The zero-order valence-electron chi connectivity index (χ0n) is 18.8. The first-order valence-electron chi connectivity index (χ1n) is 10.6. The number of carbonyl (C=O) groups is 1. The number of hydrogen-bond acceptors (Lipinski definition) is 6. The van der Waals surface area contributed by atoms with Crippen molar-refractivity contribution in [1.29, 1.82) is 0 Å². The molecule has 0 unspecified atom stereocenters. The molecule has 0 bridgehead atoms. The predicted molar refractivity (Wildman–Crippen MR) is 129 cm³/mol. The van der Waals surface area contributed by atoms with Crippen LogP contribution in [0.3, 0.4) is 0 Å². The maximum atomic E-state index is 14.7. The molecule has 0 aliphatic heterocycles. The highest BCUT2D eigenvalue weighted by molar-refractivity contribution is 6.05. The molecular formula is C25H18F2N6O3. The average Bonchev–Trinajstić information content (AvgIpc) is 3.21. The molecular weight excluding hydrogens is 470 g/mol. The van der Waals surface area contributed by atoms with Gasteiger partial charge in [-0.3, -0.25) is 18.8 Å². The SMILES string of the molecule is Cn1ncc2cc(C(=O)Nc3ccc(Oc4ccnc(N)c4)c(F)c3)c(=O)n(-c3ccc(F)cc3)c21. The minimum Gasteiger partial charge on any atom is -0.454 e. The van der Waals surface area contributed by atoms with Gasteiger partial charge >= 0.3 is 0 Å². The number of hydrogen-bond donors (Lipinski definition) is 2. The summed E-state index contributed by atoms with van der Waals surface area (Å²) in [6, 6.07) is 13.5. The van der Waals surface area contributed by atoms with Gasteiger partial charge in [0.25, 0.3) is 11.5 Å². The van der Waals surface area contributed by atoms with E-state index in [1.165, 1.54) is 76.2 Å². The molecule has 0 radical (unpaired) electrons. The van der Waals surface area contributed by atoms with Crippen LogP contribution in [0.2, 0.25) is 0 Å². The van der Waals surface area contributed by atoms with E-state index in [1.807, 2.05) is 0 Å². The third kappa shape index (κ3) is 4.25. The van der Waals surface area contributed by atoms with E-state index in [4.69, 9.17) is 10.5 Å². The second kappa shape index (κ2) is 8.95. The number of benzene rings is 2. The summed E-state index contributed by atoms with van der Waals surface area (Å²) in [7, 11) is 1.65. The fourth-order valence-electron chi connectivity index (χ4n) is 3.73. The van der Waals surface area contributed by atoms with E-state index < -0.39 is 23.1 Å². The Bertz CT molecular complexity index is 1680. The Hall–Kier alpha value is -5.06. The van der Waals surface area contributed by atoms with Crippen molar-refractivity contribution in [3.63, 3.8) is 0 Å². The van der Waals surface area contributed by atoms with Crippen molar-refractivity contribution in [3.05, 3.63) is 101 Å². The smallest absolute Gasteiger partial charge is 0.269 e. The van der Waals surface area contributed by atoms with Crippen molar-refractivity contribution < 1.29 is 18.3 Å². The Morgan fingerprint density at radius 2 is 1.83 bits per heavy atom. The molecule has 9 nitrogen and oxygen atoms in total. The standard InChI is InChI=1S/C25H18F2N6O3/c1-32-24-14(13-30-32)10-19(25(35)33(24)17-5-2-15(26)3-6-17)23(34)31-16-4-7-21(20(27)11-16)36-18-8-9-29-22(28)12-18/h2-13H,1H3,(H2,28,29)(H,31,34). The molecule has 180 valence electrons. The van der Waals surface area contributed by atoms with Crippen molar-refractivity contribution in [2.24, 2.45) is 7.05 Å². The van der Waals surface area contributed by atoms with Gasteiger partial charge in [0.1, 0.15) is 28.6 Å². The molecule has 2 aromatic carbocycles. The van der Waals surface area contributed by atoms with Crippen LogP contribution >= 0.6 is 0 Å². The highest BCUT2D eigenvalue weighted by atomic mass is 19.1. The molecule has 0 spiro atoms. The summed E-state index contributed by atoms with van der Waals surface area (Å²) in [6.07, 6.45) is 2.93. The first kappa shape index (κ1) is 22.7. The van der Waals surface area contributed by atoms with E-state index in [-0.39, 0.29) is 22.8 Å². The quantitative estimate of drug-likeness (QED) is 0.386. The summed E-state index contributed by atoms with van der Waals surface area (Å²) in [5.41, 5.74) is 5.65. The molecule has 0 fully saturated rings. The molecule has 5 aromatic rings. The van der Waals surface area contributed by atoms with Crippen LogP contribution in [0.4, 0.5) is 20.3 Å². The first-order valence-corrected chi connectivity index (χ1v) is 10.6. The summed E-state index contributed by atoms with van der Waals surface area (Å²) < 4.78 is 36.4. The minimum absolute atomic E-state index is 0.0888. The third-order valence-electron chi connectivity index (χ3n) is 5.38. The molecule has 3 N–H and O–H groups in total. The summed E-state index contributed by atoms with van der Waals surface area (Å²) >= 11 is 0. The van der Waals surface area contributed by atoms with Crippen LogP contribution in [0.25, 0.3) is 16.7 Å². The topological polar surface area (TPSA) is 117 Å². The van der Waals surface area contributed by atoms with Crippen LogP contribution in [-0.4, -0.2) is 25.2 Å². The van der Waals surface area contributed by atoms with E-state index in [0.717, 1.165) is 6.07 Å². The van der Waals surface area contributed by atoms with Gasteiger partial charge in [-0.15, -0.1) is 0 Å². The minimum atomic E-state index is -0.753. The van der Waals surface area contributed by atoms with Crippen molar-refractivity contribution in [1.82, 2.24) is 19.3 Å². The molecule has 1 amide bonds. The largest absolute Gasteiger partial charge is 0.454 e.